The molecule has 1 saturated heterocycles. The molecule has 0 aliphatic carbocycles. The van der Waals surface area contributed by atoms with Crippen LogP contribution in [0.5, 0.6) is 11.5 Å². The number of fused-ring (bicyclic) bond motifs is 1. The molecule has 8 heteroatoms. The van der Waals surface area contributed by atoms with Gasteiger partial charge in [-0.15, -0.1) is 11.3 Å². The predicted octanol–water partition coefficient (Wildman–Crippen LogP) is 4.74. The summed E-state index contributed by atoms with van der Waals surface area (Å²) < 4.78 is 11.8. The van der Waals surface area contributed by atoms with E-state index in [4.69, 9.17) is 26.1 Å². The van der Waals surface area contributed by atoms with E-state index in [1.165, 1.54) is 18.9 Å². The van der Waals surface area contributed by atoms with Gasteiger partial charge in [0.15, 0.2) is 0 Å². The van der Waals surface area contributed by atoms with E-state index < -0.39 is 0 Å². The molecule has 2 aromatic carbocycles. The van der Waals surface area contributed by atoms with Crippen LogP contribution in [0, 0.1) is 0 Å². The number of aromatic nitrogens is 1. The number of rotatable bonds is 6. The lowest BCUT2D eigenvalue weighted by Crippen LogP contribution is -2.33. The zero-order valence-electron chi connectivity index (χ0n) is 16.3. The maximum Gasteiger partial charge on any atom is 0.238 e. The van der Waals surface area contributed by atoms with Crippen molar-refractivity contribution >= 4 is 44.7 Å². The van der Waals surface area contributed by atoms with Gasteiger partial charge in [-0.05, 0) is 31.5 Å². The summed E-state index contributed by atoms with van der Waals surface area (Å²) in [5.74, 6) is 0.866. The molecule has 1 atom stereocenters. The van der Waals surface area contributed by atoms with Crippen molar-refractivity contribution in [2.45, 2.75) is 18.9 Å². The number of likely N-dealkylation sites (tertiary alicyclic amines) is 1. The maximum atomic E-state index is 12.8. The van der Waals surface area contributed by atoms with Gasteiger partial charge in [-0.25, -0.2) is 4.98 Å². The van der Waals surface area contributed by atoms with Crippen molar-refractivity contribution in [3.8, 4) is 11.5 Å². The molecule has 1 fully saturated rings. The van der Waals surface area contributed by atoms with E-state index in [1.54, 1.807) is 23.5 Å². The van der Waals surface area contributed by atoms with Gasteiger partial charge in [-0.1, -0.05) is 23.7 Å². The molecule has 1 aromatic heterocycles. The van der Waals surface area contributed by atoms with Crippen LogP contribution in [0.2, 0.25) is 5.02 Å². The number of halogens is 1. The number of amides is 1. The molecule has 4 rings (SSSR count). The third-order valence-corrected chi connectivity index (χ3v) is 6.49. The van der Waals surface area contributed by atoms with Crippen LogP contribution in [-0.2, 0) is 4.79 Å². The highest BCUT2D eigenvalue weighted by Crippen LogP contribution is 2.37. The average Bonchev–Trinajstić information content (AvgIpc) is 3.35. The summed E-state index contributed by atoms with van der Waals surface area (Å²) >= 11 is 7.85. The molecule has 6 nitrogen and oxygen atoms in total. The van der Waals surface area contributed by atoms with E-state index in [1.807, 2.05) is 18.2 Å². The van der Waals surface area contributed by atoms with Gasteiger partial charge in [0.25, 0.3) is 0 Å². The number of ether oxygens (including phenoxy) is 2. The predicted molar refractivity (Wildman–Crippen MR) is 116 cm³/mol. The number of hydrogen-bond donors (Lipinski definition) is 1. The minimum Gasteiger partial charge on any atom is -0.495 e. The average molecular weight is 432 g/mol. The standard InChI is InChI=1S/C21H22ClN3O3S/c1-27-17-11-15(18(28-2)10-13(17)22)23-20(26)12-25-9-5-7-16(25)21-24-14-6-3-4-8-19(14)29-21/h3-4,6,8,10-11,16H,5,7,9,12H2,1-2H3,(H,23,26). The van der Waals surface area contributed by atoms with Crippen molar-refractivity contribution in [1.29, 1.82) is 0 Å². The van der Waals surface area contributed by atoms with Gasteiger partial charge in [0.05, 0.1) is 47.7 Å². The third kappa shape index (κ3) is 4.17. The zero-order chi connectivity index (χ0) is 20.4. The lowest BCUT2D eigenvalue weighted by atomic mass is 10.2. The van der Waals surface area contributed by atoms with E-state index in [0.29, 0.717) is 22.2 Å². The van der Waals surface area contributed by atoms with Crippen LogP contribution in [-0.4, -0.2) is 43.1 Å². The van der Waals surface area contributed by atoms with Crippen molar-refractivity contribution in [3.05, 3.63) is 46.4 Å². The van der Waals surface area contributed by atoms with Crippen molar-refractivity contribution in [1.82, 2.24) is 9.88 Å². The van der Waals surface area contributed by atoms with Crippen molar-refractivity contribution in [2.75, 3.05) is 32.6 Å². The van der Waals surface area contributed by atoms with Gasteiger partial charge >= 0.3 is 0 Å². The number of hydrogen-bond acceptors (Lipinski definition) is 6. The first-order valence-electron chi connectivity index (χ1n) is 9.40. The minimum atomic E-state index is -0.110. The highest BCUT2D eigenvalue weighted by Gasteiger charge is 2.30. The summed E-state index contributed by atoms with van der Waals surface area (Å²) in [5, 5.41) is 4.43. The number of carbonyl (C=O) groups is 1. The second-order valence-corrected chi connectivity index (χ2v) is 8.35. The number of nitrogens with one attached hydrogen (secondary N) is 1. The van der Waals surface area contributed by atoms with Crippen molar-refractivity contribution in [2.24, 2.45) is 0 Å². The molecule has 0 spiro atoms. The van der Waals surface area contributed by atoms with Gasteiger partial charge in [0.2, 0.25) is 5.91 Å². The summed E-state index contributed by atoms with van der Waals surface area (Å²) in [4.78, 5) is 19.7. The minimum absolute atomic E-state index is 0.110. The molecule has 1 unspecified atom stereocenters. The molecular formula is C21H22ClN3O3S. The lowest BCUT2D eigenvalue weighted by Gasteiger charge is -2.22. The second kappa shape index (κ2) is 8.57. The Bertz CT molecular complexity index is 1010. The summed E-state index contributed by atoms with van der Waals surface area (Å²) in [5.41, 5.74) is 1.55. The molecule has 1 N–H and O–H groups in total. The summed E-state index contributed by atoms with van der Waals surface area (Å²) in [6.07, 6.45) is 2.05. The summed E-state index contributed by atoms with van der Waals surface area (Å²) in [7, 11) is 3.07. The van der Waals surface area contributed by atoms with Crippen LogP contribution in [0.1, 0.15) is 23.9 Å². The Morgan fingerprint density at radius 2 is 2.07 bits per heavy atom. The molecule has 2 heterocycles. The second-order valence-electron chi connectivity index (χ2n) is 6.88. The molecule has 29 heavy (non-hydrogen) atoms. The molecule has 0 radical (unpaired) electrons. The first-order valence-corrected chi connectivity index (χ1v) is 10.6. The Hall–Kier alpha value is -2.35. The highest BCUT2D eigenvalue weighted by molar-refractivity contribution is 7.18. The van der Waals surface area contributed by atoms with Crippen LogP contribution >= 0.6 is 22.9 Å². The molecule has 0 saturated carbocycles. The zero-order valence-corrected chi connectivity index (χ0v) is 17.8. The Morgan fingerprint density at radius 3 is 2.83 bits per heavy atom. The number of nitrogens with zero attached hydrogens (tertiary/aromatic N) is 2. The van der Waals surface area contributed by atoms with E-state index in [2.05, 4.69) is 16.3 Å². The maximum absolute atomic E-state index is 12.8. The molecule has 3 aromatic rings. The SMILES string of the molecule is COc1cc(NC(=O)CN2CCCC2c2nc3ccccc3s2)c(OC)cc1Cl. The molecule has 152 valence electrons. The van der Waals surface area contributed by atoms with Crippen LogP contribution in [0.4, 0.5) is 5.69 Å². The van der Waals surface area contributed by atoms with Crippen molar-refractivity contribution < 1.29 is 14.3 Å². The first kappa shape index (κ1) is 19.9. The van der Waals surface area contributed by atoms with E-state index in [0.717, 1.165) is 29.9 Å². The molecule has 1 aliphatic rings. The van der Waals surface area contributed by atoms with Gasteiger partial charge in [-0.3, -0.25) is 9.69 Å². The van der Waals surface area contributed by atoms with Gasteiger partial charge < -0.3 is 14.8 Å². The fourth-order valence-corrected chi connectivity index (χ4v) is 5.03. The molecule has 1 amide bonds. The number of benzene rings is 2. The number of thiazole rings is 1. The van der Waals surface area contributed by atoms with Gasteiger partial charge in [0.1, 0.15) is 16.5 Å². The van der Waals surface area contributed by atoms with Crippen LogP contribution in [0.25, 0.3) is 10.2 Å². The van der Waals surface area contributed by atoms with E-state index in [-0.39, 0.29) is 18.5 Å². The highest BCUT2D eigenvalue weighted by atomic mass is 35.5. The summed E-state index contributed by atoms with van der Waals surface area (Å²) in [6.45, 7) is 1.16. The van der Waals surface area contributed by atoms with Crippen LogP contribution in [0.3, 0.4) is 0 Å². The van der Waals surface area contributed by atoms with Gasteiger partial charge in [0, 0.05) is 12.1 Å². The van der Waals surface area contributed by atoms with E-state index >= 15 is 0 Å². The quantitative estimate of drug-likeness (QED) is 0.610. The monoisotopic (exact) mass is 431 g/mol. The molecule has 1 aliphatic heterocycles. The number of methoxy groups -OCH3 is 2. The number of carbonyl (C=O) groups excluding carboxylic acids is 1. The third-order valence-electron chi connectivity index (χ3n) is 5.05. The fraction of sp³-hybridized carbons (Fsp3) is 0.333. The number of para-hydroxylation sites is 1. The Morgan fingerprint density at radius 1 is 1.28 bits per heavy atom. The summed E-state index contributed by atoms with van der Waals surface area (Å²) in [6, 6.07) is 11.6. The topological polar surface area (TPSA) is 63.7 Å². The lowest BCUT2D eigenvalue weighted by molar-refractivity contribution is -0.117. The van der Waals surface area contributed by atoms with Crippen LogP contribution < -0.4 is 14.8 Å². The van der Waals surface area contributed by atoms with Gasteiger partial charge in [-0.2, -0.15) is 0 Å². The van der Waals surface area contributed by atoms with E-state index in [9.17, 15) is 4.79 Å². The fourth-order valence-electron chi connectivity index (χ4n) is 3.66. The normalized spacial score (nSPS) is 16.9. The Labute approximate surface area is 178 Å². The van der Waals surface area contributed by atoms with Crippen LogP contribution in [0.15, 0.2) is 36.4 Å². The largest absolute Gasteiger partial charge is 0.495 e. The van der Waals surface area contributed by atoms with Crippen molar-refractivity contribution in [3.63, 3.8) is 0 Å². The first-order chi connectivity index (χ1) is 14.1. The molecule has 0 bridgehead atoms. The Balaban J connectivity index is 1.49. The number of anilines is 1. The molecular weight excluding hydrogens is 410 g/mol. The smallest absolute Gasteiger partial charge is 0.238 e. The Kier molecular flexibility index (Phi) is 5.89.